The number of hydrazone groups is 1. The van der Waals surface area contributed by atoms with E-state index in [2.05, 4.69) is 37.1 Å². The summed E-state index contributed by atoms with van der Waals surface area (Å²) >= 11 is 9.47. The van der Waals surface area contributed by atoms with Gasteiger partial charge >= 0.3 is 11.8 Å². The van der Waals surface area contributed by atoms with Gasteiger partial charge in [0.25, 0.3) is 5.91 Å². The van der Waals surface area contributed by atoms with Crippen LogP contribution >= 0.6 is 27.5 Å². The Hall–Kier alpha value is -2.91. The molecule has 0 radical (unpaired) electrons. The molecule has 0 aliphatic heterocycles. The number of hydrogen-bond donors (Lipinski definition) is 3. The lowest BCUT2D eigenvalue weighted by molar-refractivity contribution is -0.139. The van der Waals surface area contributed by atoms with Crippen molar-refractivity contribution in [2.24, 2.45) is 5.10 Å². The number of rotatable bonds is 7. The molecule has 10 heteroatoms. The minimum atomic E-state index is -0.864. The van der Waals surface area contributed by atoms with Gasteiger partial charge in [-0.15, -0.1) is 0 Å². The maximum absolute atomic E-state index is 12.4. The number of anilines is 1. The van der Waals surface area contributed by atoms with Crippen LogP contribution in [0.5, 0.6) is 5.75 Å². The molecule has 1 aliphatic carbocycles. The number of hydrogen-bond acceptors (Lipinski definition) is 5. The van der Waals surface area contributed by atoms with Crippen LogP contribution in [0.1, 0.15) is 29.5 Å². The van der Waals surface area contributed by atoms with Crippen LogP contribution in [0.3, 0.4) is 0 Å². The van der Waals surface area contributed by atoms with Gasteiger partial charge in [0.2, 0.25) is 0 Å². The molecule has 0 unspecified atom stereocenters. The fraction of sp³-hybridized carbons (Fsp3) is 0.273. The molecule has 1 aliphatic rings. The van der Waals surface area contributed by atoms with Gasteiger partial charge < -0.3 is 15.4 Å². The minimum Gasteiger partial charge on any atom is -0.483 e. The predicted octanol–water partition coefficient (Wildman–Crippen LogP) is 3.47. The van der Waals surface area contributed by atoms with Gasteiger partial charge in [0.1, 0.15) is 5.75 Å². The highest BCUT2D eigenvalue weighted by molar-refractivity contribution is 9.10. The first-order valence-corrected chi connectivity index (χ1v) is 11.0. The summed E-state index contributed by atoms with van der Waals surface area (Å²) in [4.78, 5) is 35.8. The van der Waals surface area contributed by atoms with Crippen LogP contribution in [0.15, 0.2) is 39.9 Å². The summed E-state index contributed by atoms with van der Waals surface area (Å²) in [5.74, 6) is -1.59. The summed E-state index contributed by atoms with van der Waals surface area (Å²) in [5.41, 5.74) is 5.17. The van der Waals surface area contributed by atoms with Gasteiger partial charge in [0.15, 0.2) is 6.61 Å². The molecule has 168 valence electrons. The van der Waals surface area contributed by atoms with Crippen molar-refractivity contribution in [2.45, 2.75) is 32.7 Å². The summed E-state index contributed by atoms with van der Waals surface area (Å²) in [6.07, 6.45) is 3.05. The van der Waals surface area contributed by atoms with Crippen molar-refractivity contribution in [2.75, 3.05) is 11.9 Å². The molecule has 2 aromatic carbocycles. The molecule has 0 spiro atoms. The predicted molar refractivity (Wildman–Crippen MR) is 126 cm³/mol. The lowest BCUT2D eigenvalue weighted by Crippen LogP contribution is -2.38. The van der Waals surface area contributed by atoms with Crippen LogP contribution in [0.4, 0.5) is 5.69 Å². The van der Waals surface area contributed by atoms with Crippen molar-refractivity contribution >= 4 is 57.2 Å². The fourth-order valence-electron chi connectivity index (χ4n) is 2.87. The lowest BCUT2D eigenvalue weighted by atomic mass is 10.1. The van der Waals surface area contributed by atoms with Crippen LogP contribution in [-0.2, 0) is 14.4 Å². The highest BCUT2D eigenvalue weighted by atomic mass is 79.9. The Morgan fingerprint density at radius 3 is 2.50 bits per heavy atom. The highest BCUT2D eigenvalue weighted by Crippen LogP contribution is 2.25. The molecule has 0 atom stereocenters. The van der Waals surface area contributed by atoms with Crippen molar-refractivity contribution in [1.82, 2.24) is 10.7 Å². The zero-order valence-corrected chi connectivity index (χ0v) is 19.8. The second-order valence-corrected chi connectivity index (χ2v) is 8.73. The second-order valence-electron chi connectivity index (χ2n) is 7.38. The van der Waals surface area contributed by atoms with Crippen molar-refractivity contribution in [1.29, 1.82) is 0 Å². The first kappa shape index (κ1) is 23.7. The van der Waals surface area contributed by atoms with Gasteiger partial charge in [0, 0.05) is 26.8 Å². The number of benzene rings is 2. The minimum absolute atomic E-state index is 0.0706. The zero-order valence-electron chi connectivity index (χ0n) is 17.5. The quantitative estimate of drug-likeness (QED) is 0.294. The number of carbonyl (C=O) groups excluding carboxylic acids is 3. The number of aryl methyl sites for hydroxylation is 2. The Morgan fingerprint density at radius 1 is 1.16 bits per heavy atom. The maximum Gasteiger partial charge on any atom is 0.329 e. The van der Waals surface area contributed by atoms with E-state index in [9.17, 15) is 14.4 Å². The van der Waals surface area contributed by atoms with Crippen molar-refractivity contribution in [3.05, 3.63) is 56.5 Å². The van der Waals surface area contributed by atoms with E-state index >= 15 is 0 Å². The summed E-state index contributed by atoms with van der Waals surface area (Å²) < 4.78 is 6.57. The third-order valence-electron chi connectivity index (χ3n) is 4.58. The fourth-order valence-corrected chi connectivity index (χ4v) is 3.74. The largest absolute Gasteiger partial charge is 0.483 e. The molecule has 0 heterocycles. The Balaban J connectivity index is 1.60. The van der Waals surface area contributed by atoms with Gasteiger partial charge in [0.05, 0.1) is 6.21 Å². The van der Waals surface area contributed by atoms with Gasteiger partial charge in [-0.1, -0.05) is 27.5 Å². The number of halogens is 2. The van der Waals surface area contributed by atoms with Crippen molar-refractivity contribution in [3.63, 3.8) is 0 Å². The molecule has 8 nitrogen and oxygen atoms in total. The molecular weight excluding hydrogens is 500 g/mol. The SMILES string of the molecule is Cc1cc(Br)cc(C)c1NC(=O)COc1ccc(Cl)cc1/C=N\NC(=O)C(=O)NC1CC1. The molecular formula is C22H22BrClN4O4. The average molecular weight is 522 g/mol. The molecule has 0 aromatic heterocycles. The van der Waals surface area contributed by atoms with Gasteiger partial charge in [-0.3, -0.25) is 14.4 Å². The Labute approximate surface area is 198 Å². The lowest BCUT2D eigenvalue weighted by Gasteiger charge is -2.13. The molecule has 3 rings (SSSR count). The monoisotopic (exact) mass is 520 g/mol. The van der Waals surface area contributed by atoms with Crippen LogP contribution in [0.25, 0.3) is 0 Å². The number of amides is 3. The van der Waals surface area contributed by atoms with E-state index in [-0.39, 0.29) is 18.6 Å². The van der Waals surface area contributed by atoms with E-state index in [1.807, 2.05) is 26.0 Å². The topological polar surface area (TPSA) is 109 Å². The van der Waals surface area contributed by atoms with Gasteiger partial charge in [-0.25, -0.2) is 5.43 Å². The third kappa shape index (κ3) is 6.80. The van der Waals surface area contributed by atoms with Crippen molar-refractivity contribution in [3.8, 4) is 5.75 Å². The molecule has 3 amide bonds. The Bertz CT molecular complexity index is 1060. The Kier molecular flexibility index (Phi) is 7.87. The van der Waals surface area contributed by atoms with Crippen LogP contribution in [0, 0.1) is 13.8 Å². The van der Waals surface area contributed by atoms with Crippen LogP contribution < -0.4 is 20.8 Å². The van der Waals surface area contributed by atoms with E-state index in [0.29, 0.717) is 16.3 Å². The average Bonchev–Trinajstić information content (AvgIpc) is 3.54. The number of ether oxygens (including phenoxy) is 1. The van der Waals surface area contributed by atoms with Crippen LogP contribution in [0.2, 0.25) is 5.02 Å². The summed E-state index contributed by atoms with van der Waals surface area (Å²) in [7, 11) is 0. The van der Waals surface area contributed by atoms with E-state index in [1.165, 1.54) is 6.21 Å². The molecule has 0 bridgehead atoms. The maximum atomic E-state index is 12.4. The summed E-state index contributed by atoms with van der Waals surface area (Å²) in [6, 6.07) is 8.66. The first-order valence-electron chi connectivity index (χ1n) is 9.86. The summed E-state index contributed by atoms with van der Waals surface area (Å²) in [6.45, 7) is 3.57. The van der Waals surface area contributed by atoms with E-state index in [0.717, 1.165) is 34.1 Å². The molecule has 32 heavy (non-hydrogen) atoms. The highest BCUT2D eigenvalue weighted by Gasteiger charge is 2.26. The van der Waals surface area contributed by atoms with Gasteiger partial charge in [-0.05, 0) is 68.1 Å². The summed E-state index contributed by atoms with van der Waals surface area (Å²) in [5, 5.41) is 9.63. The molecule has 1 fully saturated rings. The van der Waals surface area contributed by atoms with Crippen molar-refractivity contribution < 1.29 is 19.1 Å². The first-order chi connectivity index (χ1) is 15.2. The number of nitrogens with zero attached hydrogens (tertiary/aromatic N) is 1. The number of nitrogens with one attached hydrogen (secondary N) is 3. The van der Waals surface area contributed by atoms with E-state index < -0.39 is 11.8 Å². The van der Waals surface area contributed by atoms with E-state index in [1.54, 1.807) is 18.2 Å². The zero-order chi connectivity index (χ0) is 23.3. The van der Waals surface area contributed by atoms with E-state index in [4.69, 9.17) is 16.3 Å². The third-order valence-corrected chi connectivity index (χ3v) is 5.27. The van der Waals surface area contributed by atoms with Gasteiger partial charge in [-0.2, -0.15) is 5.10 Å². The molecule has 0 saturated heterocycles. The van der Waals surface area contributed by atoms with Crippen LogP contribution in [-0.4, -0.2) is 36.6 Å². The standard InChI is InChI=1S/C22H22BrClN4O4/c1-12-7-15(23)8-13(2)20(12)27-19(29)11-32-18-6-3-16(24)9-14(18)10-25-28-22(31)21(30)26-17-4-5-17/h3,6-10,17H,4-5,11H2,1-2H3,(H,26,30)(H,27,29)(H,28,31)/b25-10-. The molecule has 3 N–H and O–H groups in total. The Morgan fingerprint density at radius 2 is 1.84 bits per heavy atom. The second kappa shape index (κ2) is 10.6. The molecule has 2 aromatic rings. The molecule has 1 saturated carbocycles. The normalized spacial score (nSPS) is 13.0. The number of carbonyl (C=O) groups is 3. The smallest absolute Gasteiger partial charge is 0.329 e.